The van der Waals surface area contributed by atoms with Gasteiger partial charge in [0.05, 0.1) is 18.3 Å². The van der Waals surface area contributed by atoms with Crippen LogP contribution < -0.4 is 4.74 Å². The molecule has 3 aromatic heterocycles. The highest BCUT2D eigenvalue weighted by Crippen LogP contribution is 2.43. The highest BCUT2D eigenvalue weighted by molar-refractivity contribution is 6.29. The minimum atomic E-state index is 0.0862. The molecule has 4 heterocycles. The second kappa shape index (κ2) is 7.97. The number of benzene rings is 1. The number of pyridine rings is 1. The SMILES string of the molecule is COc1cc(C(=O)N2CC3CCC2[C@@H]3C)cc2nc(-c3cc4ccc(Cl)nc4n3CC3CC3)n(C)c12. The molecule has 1 aliphatic heterocycles. The summed E-state index contributed by atoms with van der Waals surface area (Å²) in [5.41, 5.74) is 4.19. The van der Waals surface area contributed by atoms with Crippen molar-refractivity contribution >= 4 is 39.6 Å². The fraction of sp³-hybridized carbons (Fsp3) is 0.464. The van der Waals surface area contributed by atoms with Crippen molar-refractivity contribution in [3.63, 3.8) is 0 Å². The maximum Gasteiger partial charge on any atom is 0.254 e. The average molecular weight is 504 g/mol. The van der Waals surface area contributed by atoms with Crippen LogP contribution in [-0.4, -0.2) is 49.6 Å². The van der Waals surface area contributed by atoms with Gasteiger partial charge in [0.25, 0.3) is 5.91 Å². The summed E-state index contributed by atoms with van der Waals surface area (Å²) in [6.07, 6.45) is 4.81. The summed E-state index contributed by atoms with van der Waals surface area (Å²) in [5, 5.41) is 1.53. The molecular weight excluding hydrogens is 474 g/mol. The highest BCUT2D eigenvalue weighted by atomic mass is 35.5. The van der Waals surface area contributed by atoms with Gasteiger partial charge in [0.1, 0.15) is 22.1 Å². The van der Waals surface area contributed by atoms with E-state index >= 15 is 0 Å². The number of piperidine rings is 1. The molecule has 0 N–H and O–H groups in total. The number of amides is 1. The summed E-state index contributed by atoms with van der Waals surface area (Å²) >= 11 is 6.27. The number of hydrogen-bond acceptors (Lipinski definition) is 4. The van der Waals surface area contributed by atoms with Crippen LogP contribution in [0.3, 0.4) is 0 Å². The van der Waals surface area contributed by atoms with Crippen LogP contribution in [0.1, 0.15) is 43.0 Å². The van der Waals surface area contributed by atoms with Crippen molar-refractivity contribution in [1.82, 2.24) is 24.0 Å². The van der Waals surface area contributed by atoms with Gasteiger partial charge >= 0.3 is 0 Å². The van der Waals surface area contributed by atoms with E-state index in [1.807, 2.05) is 31.3 Å². The van der Waals surface area contributed by atoms with Gasteiger partial charge in [-0.3, -0.25) is 4.79 Å². The molecule has 7 nitrogen and oxygen atoms in total. The van der Waals surface area contributed by atoms with Crippen LogP contribution in [-0.2, 0) is 13.6 Å². The maximum atomic E-state index is 13.6. The molecule has 186 valence electrons. The molecule has 2 bridgehead atoms. The number of imidazole rings is 1. The van der Waals surface area contributed by atoms with E-state index in [4.69, 9.17) is 21.3 Å². The number of aromatic nitrogens is 4. The molecule has 3 fully saturated rings. The van der Waals surface area contributed by atoms with Crippen LogP contribution in [0.25, 0.3) is 33.6 Å². The molecule has 1 saturated heterocycles. The first-order chi connectivity index (χ1) is 17.4. The topological polar surface area (TPSA) is 65.2 Å². The molecule has 3 aliphatic rings. The first kappa shape index (κ1) is 22.2. The minimum Gasteiger partial charge on any atom is -0.494 e. The molecule has 2 saturated carbocycles. The van der Waals surface area contributed by atoms with Crippen molar-refractivity contribution in [2.45, 2.75) is 45.2 Å². The van der Waals surface area contributed by atoms with Crippen molar-refractivity contribution in [2.24, 2.45) is 24.8 Å². The molecule has 1 aromatic carbocycles. The number of likely N-dealkylation sites (tertiary alicyclic amines) is 1. The molecule has 2 unspecified atom stereocenters. The summed E-state index contributed by atoms with van der Waals surface area (Å²) in [6, 6.07) is 10.2. The maximum absolute atomic E-state index is 13.6. The average Bonchev–Trinajstić information content (AvgIpc) is 3.29. The lowest BCUT2D eigenvalue weighted by Crippen LogP contribution is -2.38. The van der Waals surface area contributed by atoms with Crippen LogP contribution in [0, 0.1) is 17.8 Å². The van der Waals surface area contributed by atoms with Gasteiger partial charge in [0.2, 0.25) is 0 Å². The fourth-order valence-corrected chi connectivity index (χ4v) is 6.70. The number of carbonyl (C=O) groups excluding carboxylic acids is 1. The van der Waals surface area contributed by atoms with Crippen molar-refractivity contribution in [1.29, 1.82) is 0 Å². The predicted octanol–water partition coefficient (Wildman–Crippen LogP) is 5.53. The lowest BCUT2D eigenvalue weighted by Gasteiger charge is -2.27. The van der Waals surface area contributed by atoms with Gasteiger partial charge in [0.15, 0.2) is 5.82 Å². The Kier molecular flexibility index (Phi) is 4.91. The molecule has 3 atom stereocenters. The monoisotopic (exact) mass is 503 g/mol. The first-order valence-electron chi connectivity index (χ1n) is 12.9. The van der Waals surface area contributed by atoms with Gasteiger partial charge in [-0.25, -0.2) is 9.97 Å². The number of carbonyl (C=O) groups is 1. The number of aryl methyl sites for hydroxylation is 1. The molecule has 8 heteroatoms. The van der Waals surface area contributed by atoms with Crippen molar-refractivity contribution in [2.75, 3.05) is 13.7 Å². The summed E-state index contributed by atoms with van der Waals surface area (Å²) in [4.78, 5) is 25.4. The van der Waals surface area contributed by atoms with Crippen LogP contribution in [0.4, 0.5) is 0 Å². The highest BCUT2D eigenvalue weighted by Gasteiger charge is 2.46. The number of nitrogens with zero attached hydrogens (tertiary/aromatic N) is 5. The number of rotatable bonds is 5. The molecule has 4 aromatic rings. The van der Waals surface area contributed by atoms with Crippen molar-refractivity contribution < 1.29 is 9.53 Å². The van der Waals surface area contributed by atoms with Crippen LogP contribution in [0.15, 0.2) is 30.3 Å². The summed E-state index contributed by atoms with van der Waals surface area (Å²) in [5.74, 6) is 3.45. The second-order valence-electron chi connectivity index (χ2n) is 10.9. The number of methoxy groups -OCH3 is 1. The van der Waals surface area contributed by atoms with Gasteiger partial charge in [0, 0.05) is 37.1 Å². The Morgan fingerprint density at radius 2 is 1.97 bits per heavy atom. The van der Waals surface area contributed by atoms with Crippen molar-refractivity contribution in [3.8, 4) is 17.3 Å². The number of ether oxygens (including phenoxy) is 1. The molecule has 36 heavy (non-hydrogen) atoms. The molecular formula is C28H30ClN5O2. The Bertz CT molecular complexity index is 1530. The largest absolute Gasteiger partial charge is 0.494 e. The number of halogens is 1. The minimum absolute atomic E-state index is 0.0862. The molecule has 0 radical (unpaired) electrons. The third kappa shape index (κ3) is 3.28. The quantitative estimate of drug-likeness (QED) is 0.336. The first-order valence-corrected chi connectivity index (χ1v) is 13.3. The van der Waals surface area contributed by atoms with Gasteiger partial charge in [-0.2, -0.15) is 0 Å². The zero-order chi connectivity index (χ0) is 24.7. The zero-order valence-corrected chi connectivity index (χ0v) is 21.6. The standard InChI is InChI=1S/C28H30ClN5O2/c1-15-18-6-8-21(15)34(14-18)28(35)19-10-20-25(23(12-19)36-3)32(2)27(30-20)22-11-17-7-9-24(29)31-26(17)33(22)13-16-4-5-16/h7,9-12,15-16,18,21H,4-6,8,13-14H2,1-3H3/t15-,18?,21?/m1/s1. The molecule has 0 spiro atoms. The fourth-order valence-electron chi connectivity index (χ4n) is 6.56. The lowest BCUT2D eigenvalue weighted by atomic mass is 10.0. The van der Waals surface area contributed by atoms with E-state index in [2.05, 4.69) is 32.0 Å². The van der Waals surface area contributed by atoms with E-state index < -0.39 is 0 Å². The Morgan fingerprint density at radius 3 is 2.67 bits per heavy atom. The van der Waals surface area contributed by atoms with Crippen molar-refractivity contribution in [3.05, 3.63) is 41.0 Å². The summed E-state index contributed by atoms with van der Waals surface area (Å²) in [6.45, 7) is 4.04. The van der Waals surface area contributed by atoms with Gasteiger partial charge in [-0.15, -0.1) is 0 Å². The van der Waals surface area contributed by atoms with Gasteiger partial charge in [-0.05, 0) is 73.8 Å². The summed E-state index contributed by atoms with van der Waals surface area (Å²) in [7, 11) is 3.67. The Morgan fingerprint density at radius 1 is 1.14 bits per heavy atom. The molecule has 2 aliphatic carbocycles. The van der Waals surface area contributed by atoms with Crippen LogP contribution >= 0.6 is 11.6 Å². The predicted molar refractivity (Wildman–Crippen MR) is 140 cm³/mol. The van der Waals surface area contributed by atoms with Crippen LogP contribution in [0.2, 0.25) is 5.15 Å². The third-order valence-corrected chi connectivity index (χ3v) is 8.96. The van der Waals surface area contributed by atoms with Gasteiger partial charge < -0.3 is 18.8 Å². The summed E-state index contributed by atoms with van der Waals surface area (Å²) < 4.78 is 10.1. The zero-order valence-electron chi connectivity index (χ0n) is 20.9. The van der Waals surface area contributed by atoms with E-state index in [0.717, 1.165) is 53.1 Å². The molecule has 1 amide bonds. The number of fused-ring (bicyclic) bond motifs is 4. The normalized spacial score (nSPS) is 23.3. The van der Waals surface area contributed by atoms with E-state index in [1.165, 1.54) is 19.3 Å². The Labute approximate surface area is 215 Å². The molecule has 7 rings (SSSR count). The smallest absolute Gasteiger partial charge is 0.254 e. The second-order valence-corrected chi connectivity index (χ2v) is 11.3. The van der Waals surface area contributed by atoms with E-state index in [9.17, 15) is 4.79 Å². The lowest BCUT2D eigenvalue weighted by molar-refractivity contribution is 0.0696. The Hall–Kier alpha value is -3.06. The van der Waals surface area contributed by atoms with E-state index in [0.29, 0.717) is 40.3 Å². The third-order valence-electron chi connectivity index (χ3n) is 8.75. The van der Waals surface area contributed by atoms with Crippen LogP contribution in [0.5, 0.6) is 5.75 Å². The van der Waals surface area contributed by atoms with E-state index in [-0.39, 0.29) is 5.91 Å². The Balaban J connectivity index is 1.35. The van der Waals surface area contributed by atoms with Gasteiger partial charge in [-0.1, -0.05) is 18.5 Å². The van der Waals surface area contributed by atoms with E-state index in [1.54, 1.807) is 7.11 Å². The number of hydrogen-bond donors (Lipinski definition) is 0.